The lowest BCUT2D eigenvalue weighted by Gasteiger charge is -2.33. The minimum absolute atomic E-state index is 0.00612. The van der Waals surface area contributed by atoms with E-state index in [4.69, 9.17) is 17.0 Å². The van der Waals surface area contributed by atoms with Gasteiger partial charge in [-0.2, -0.15) is 0 Å². The summed E-state index contributed by atoms with van der Waals surface area (Å²) in [4.78, 5) is 15.3. The minimum Gasteiger partial charge on any atom is -0.333 e. The first-order valence-electron chi connectivity index (χ1n) is 9.21. The van der Waals surface area contributed by atoms with E-state index in [2.05, 4.69) is 18.7 Å². The number of allylic oxidation sites excluding steroid dienone is 2. The number of thiophene rings is 1. The molecule has 0 aliphatic carbocycles. The second-order valence-electron chi connectivity index (χ2n) is 6.96. The number of nitrogens with two attached hydrogens (primary N) is 1. The molecular formula is C22H25ClN3OS+. The quantitative estimate of drug-likeness (QED) is 0.563. The molecule has 0 unspecified atom stereocenters. The number of hydrogen-bond acceptors (Lipinski definition) is 3. The van der Waals surface area contributed by atoms with Crippen molar-refractivity contribution in [2.45, 2.75) is 26.3 Å². The summed E-state index contributed by atoms with van der Waals surface area (Å²) in [6.07, 6.45) is 1.37. The molecule has 6 heteroatoms. The van der Waals surface area contributed by atoms with Crippen LogP contribution in [0.3, 0.4) is 0 Å². The third-order valence-corrected chi connectivity index (χ3v) is 6.48. The maximum absolute atomic E-state index is 12.4. The number of fused-ring (bicyclic) bond motifs is 1. The Bertz CT molecular complexity index is 976. The standard InChI is InChI=1S/C22H24ClN3OS/c1-5-21(27)26-11-18(17-10-20(23)28-19(17)12-26)15-8-6-7-9-16(15)22(13(2)24)14(3)25-4/h5-10,18,24-25H,1,11-12H2,2-4H3/p+1/b22-14+,24-13?/t18-/m1/s1. The number of carbonyl (C=O) groups excluding carboxylic acids is 1. The fourth-order valence-electron chi connectivity index (χ4n) is 3.83. The van der Waals surface area contributed by atoms with Gasteiger partial charge in [0.15, 0.2) is 0 Å². The van der Waals surface area contributed by atoms with Crippen LogP contribution in [-0.2, 0) is 11.3 Å². The summed E-state index contributed by atoms with van der Waals surface area (Å²) in [7, 11) is 1.99. The van der Waals surface area contributed by atoms with Crippen molar-refractivity contribution in [2.75, 3.05) is 13.6 Å². The number of rotatable bonds is 5. The summed E-state index contributed by atoms with van der Waals surface area (Å²) in [5.41, 5.74) is 5.86. The first-order chi connectivity index (χ1) is 13.4. The molecule has 1 atom stereocenters. The van der Waals surface area contributed by atoms with Crippen molar-refractivity contribution in [2.24, 2.45) is 0 Å². The van der Waals surface area contributed by atoms with Gasteiger partial charge in [-0.3, -0.25) is 4.79 Å². The lowest BCUT2D eigenvalue weighted by atomic mass is 9.82. The van der Waals surface area contributed by atoms with Gasteiger partial charge in [0.1, 0.15) is 5.70 Å². The second-order valence-corrected chi connectivity index (χ2v) is 8.73. The van der Waals surface area contributed by atoms with Crippen LogP contribution in [0.4, 0.5) is 0 Å². The summed E-state index contributed by atoms with van der Waals surface area (Å²) in [6, 6.07) is 10.2. The first-order valence-corrected chi connectivity index (χ1v) is 10.4. The number of nitrogens with zero attached hydrogens (tertiary/aromatic N) is 1. The van der Waals surface area contributed by atoms with E-state index in [0.717, 1.165) is 31.6 Å². The van der Waals surface area contributed by atoms with Gasteiger partial charge < -0.3 is 15.6 Å². The highest BCUT2D eigenvalue weighted by molar-refractivity contribution is 7.16. The van der Waals surface area contributed by atoms with E-state index < -0.39 is 0 Å². The molecule has 0 fully saturated rings. The first kappa shape index (κ1) is 20.5. The maximum Gasteiger partial charge on any atom is 0.246 e. The highest BCUT2D eigenvalue weighted by Gasteiger charge is 2.32. The molecule has 4 nitrogen and oxygen atoms in total. The zero-order valence-electron chi connectivity index (χ0n) is 16.4. The summed E-state index contributed by atoms with van der Waals surface area (Å²) in [6.45, 7) is 8.63. The second kappa shape index (κ2) is 8.43. The SMILES string of the molecule is C=CC(=O)N1Cc2sc(Cl)cc2[C@@H](c2ccccc2/C(C(C)=N)=C(\C)[NH2+]C)C1. The molecule has 0 radical (unpaired) electrons. The van der Waals surface area contributed by atoms with Crippen molar-refractivity contribution in [3.05, 3.63) is 74.6 Å². The molecule has 2 aromatic rings. The van der Waals surface area contributed by atoms with Crippen molar-refractivity contribution < 1.29 is 10.1 Å². The van der Waals surface area contributed by atoms with Gasteiger partial charge in [0.2, 0.25) is 5.91 Å². The molecule has 3 rings (SSSR count). The van der Waals surface area contributed by atoms with Gasteiger partial charge >= 0.3 is 0 Å². The molecule has 28 heavy (non-hydrogen) atoms. The predicted molar refractivity (Wildman–Crippen MR) is 117 cm³/mol. The Labute approximate surface area is 175 Å². The summed E-state index contributed by atoms with van der Waals surface area (Å²) in [5.74, 6) is -0.0682. The average Bonchev–Trinajstić information content (AvgIpc) is 3.06. The molecule has 0 bridgehead atoms. The normalized spacial score (nSPS) is 17.0. The van der Waals surface area contributed by atoms with Gasteiger partial charge in [-0.1, -0.05) is 42.4 Å². The van der Waals surface area contributed by atoms with Gasteiger partial charge in [-0.15, -0.1) is 11.3 Å². The van der Waals surface area contributed by atoms with Crippen molar-refractivity contribution >= 4 is 40.1 Å². The number of carbonyl (C=O) groups is 1. The Kier molecular flexibility index (Phi) is 6.18. The lowest BCUT2D eigenvalue weighted by Crippen LogP contribution is -2.77. The van der Waals surface area contributed by atoms with E-state index in [0.29, 0.717) is 18.8 Å². The fourth-order valence-corrected chi connectivity index (χ4v) is 5.19. The number of nitrogens with one attached hydrogen (secondary N) is 1. The van der Waals surface area contributed by atoms with Gasteiger partial charge in [-0.25, -0.2) is 0 Å². The van der Waals surface area contributed by atoms with Gasteiger partial charge in [-0.05, 0) is 35.8 Å². The smallest absolute Gasteiger partial charge is 0.246 e. The molecule has 0 saturated heterocycles. The molecule has 146 valence electrons. The Morgan fingerprint density at radius 3 is 2.71 bits per heavy atom. The van der Waals surface area contributed by atoms with E-state index in [-0.39, 0.29) is 11.8 Å². The number of quaternary nitrogens is 1. The van der Waals surface area contributed by atoms with E-state index in [1.165, 1.54) is 23.0 Å². The average molecular weight is 415 g/mol. The summed E-state index contributed by atoms with van der Waals surface area (Å²) >= 11 is 7.87. The molecule has 1 amide bonds. The molecule has 2 heterocycles. The molecule has 3 N–H and O–H groups in total. The molecule has 1 aliphatic heterocycles. The molecule has 1 aliphatic rings. The zero-order chi connectivity index (χ0) is 20.4. The van der Waals surface area contributed by atoms with Gasteiger partial charge in [0, 0.05) is 30.0 Å². The summed E-state index contributed by atoms with van der Waals surface area (Å²) in [5, 5.41) is 10.4. The summed E-state index contributed by atoms with van der Waals surface area (Å²) < 4.78 is 0.734. The highest BCUT2D eigenvalue weighted by atomic mass is 35.5. The Hall–Kier alpha value is -2.21. The molecule has 0 spiro atoms. The topological polar surface area (TPSA) is 60.8 Å². The number of benzene rings is 1. The predicted octanol–water partition coefficient (Wildman–Crippen LogP) is 4.03. The minimum atomic E-state index is -0.0743. The Morgan fingerprint density at radius 2 is 2.07 bits per heavy atom. The van der Waals surface area contributed by atoms with Crippen LogP contribution < -0.4 is 5.32 Å². The third kappa shape index (κ3) is 3.83. The molecule has 0 saturated carbocycles. The monoisotopic (exact) mass is 414 g/mol. The maximum atomic E-state index is 12.4. The van der Waals surface area contributed by atoms with Crippen LogP contribution in [0, 0.1) is 5.41 Å². The lowest BCUT2D eigenvalue weighted by molar-refractivity contribution is -0.574. The molecule has 1 aromatic heterocycles. The molecular weight excluding hydrogens is 390 g/mol. The van der Waals surface area contributed by atoms with Crippen LogP contribution in [0.5, 0.6) is 0 Å². The largest absolute Gasteiger partial charge is 0.333 e. The van der Waals surface area contributed by atoms with Crippen LogP contribution in [0.15, 0.2) is 48.7 Å². The Balaban J connectivity index is 2.19. The van der Waals surface area contributed by atoms with Gasteiger partial charge in [0.05, 0.1) is 23.5 Å². The number of halogens is 1. The van der Waals surface area contributed by atoms with E-state index in [1.807, 2.05) is 49.3 Å². The number of amides is 1. The third-order valence-electron chi connectivity index (χ3n) is 5.22. The van der Waals surface area contributed by atoms with Crippen molar-refractivity contribution in [1.29, 1.82) is 5.41 Å². The van der Waals surface area contributed by atoms with E-state index in [9.17, 15) is 4.79 Å². The van der Waals surface area contributed by atoms with Crippen LogP contribution in [0.1, 0.15) is 41.3 Å². The zero-order valence-corrected chi connectivity index (χ0v) is 18.0. The highest BCUT2D eigenvalue weighted by Crippen LogP contribution is 2.42. The fraction of sp³-hybridized carbons (Fsp3) is 0.273. The van der Waals surface area contributed by atoms with Crippen molar-refractivity contribution in [1.82, 2.24) is 4.90 Å². The molecule has 1 aromatic carbocycles. The van der Waals surface area contributed by atoms with E-state index >= 15 is 0 Å². The van der Waals surface area contributed by atoms with E-state index in [1.54, 1.807) is 0 Å². The van der Waals surface area contributed by atoms with Crippen molar-refractivity contribution in [3.8, 4) is 0 Å². The van der Waals surface area contributed by atoms with Crippen LogP contribution in [0.25, 0.3) is 5.57 Å². The van der Waals surface area contributed by atoms with Crippen LogP contribution >= 0.6 is 22.9 Å². The van der Waals surface area contributed by atoms with Gasteiger partial charge in [0.25, 0.3) is 0 Å². The van der Waals surface area contributed by atoms with Crippen LogP contribution in [-0.4, -0.2) is 30.1 Å². The number of hydrogen-bond donors (Lipinski definition) is 2. The van der Waals surface area contributed by atoms with Crippen LogP contribution in [0.2, 0.25) is 4.34 Å². The van der Waals surface area contributed by atoms with Crippen molar-refractivity contribution in [3.63, 3.8) is 0 Å². The Morgan fingerprint density at radius 1 is 1.36 bits per heavy atom.